The Balaban J connectivity index is 2.97. The summed E-state index contributed by atoms with van der Waals surface area (Å²) < 4.78 is 4.60. The third-order valence-electron chi connectivity index (χ3n) is 4.58. The quantitative estimate of drug-likeness (QED) is 0.745. The van der Waals surface area contributed by atoms with Gasteiger partial charge >= 0.3 is 5.69 Å². The third kappa shape index (κ3) is 1.80. The number of nitrogens with zero attached hydrogens (tertiary/aromatic N) is 4. The number of hydrogen-bond acceptors (Lipinski definition) is 3. The number of aryl methyl sites for hydroxylation is 1. The predicted octanol–water partition coefficient (Wildman–Crippen LogP) is 1.29. The average Bonchev–Trinajstić information content (AvgIpc) is 2.77. The van der Waals surface area contributed by atoms with Crippen molar-refractivity contribution in [1.82, 2.24) is 18.4 Å². The Hall–Kier alpha value is -1.63. The lowest BCUT2D eigenvalue weighted by molar-refractivity contribution is 0.694. The first-order valence-electron chi connectivity index (χ1n) is 6.63. The molecule has 0 saturated heterocycles. The first-order valence-corrected chi connectivity index (χ1v) is 9.58. The zero-order valence-electron chi connectivity index (χ0n) is 13.2. The molecule has 0 N–H and O–H groups in total. The van der Waals surface area contributed by atoms with E-state index in [1.165, 1.54) is 11.6 Å². The van der Waals surface area contributed by atoms with Crippen LogP contribution in [0.1, 0.15) is 20.8 Å². The van der Waals surface area contributed by atoms with E-state index in [1.807, 2.05) is 4.23 Å². The minimum absolute atomic E-state index is 0.0698. The van der Waals surface area contributed by atoms with E-state index >= 15 is 0 Å². The second kappa shape index (κ2) is 4.18. The smallest absolute Gasteiger partial charge is 0.332 e. The van der Waals surface area contributed by atoms with Gasteiger partial charge in [-0.25, -0.2) is 9.78 Å². The molecule has 0 aromatic carbocycles. The highest BCUT2D eigenvalue weighted by atomic mass is 28.3. The SMILES string of the molecule is Cn1c(=O)c2c(ncn2[Si](C)(C)C(C)(C)C)n(C)c1=O. The molecule has 2 heterocycles. The zero-order valence-corrected chi connectivity index (χ0v) is 14.2. The first-order chi connectivity index (χ1) is 9.00. The largest absolute Gasteiger partial charge is 0.352 e. The van der Waals surface area contributed by atoms with Crippen LogP contribution in [0.25, 0.3) is 11.2 Å². The van der Waals surface area contributed by atoms with Gasteiger partial charge in [0, 0.05) is 14.1 Å². The minimum Gasteiger partial charge on any atom is -0.352 e. The van der Waals surface area contributed by atoms with Crippen LogP contribution in [0.3, 0.4) is 0 Å². The van der Waals surface area contributed by atoms with Crippen LogP contribution >= 0.6 is 0 Å². The lowest BCUT2D eigenvalue weighted by Crippen LogP contribution is -2.47. The fourth-order valence-corrected chi connectivity index (χ4v) is 3.95. The molecule has 0 saturated carbocycles. The van der Waals surface area contributed by atoms with Crippen molar-refractivity contribution < 1.29 is 0 Å². The van der Waals surface area contributed by atoms with Crippen LogP contribution < -0.4 is 11.2 Å². The molecule has 0 unspecified atom stereocenters. The first kappa shape index (κ1) is 14.8. The van der Waals surface area contributed by atoms with Crippen LogP contribution in [0.15, 0.2) is 15.9 Å². The van der Waals surface area contributed by atoms with Crippen LogP contribution in [0.2, 0.25) is 18.1 Å². The molecule has 7 heteroatoms. The molecular formula is C13H22N4O2Si. The molecule has 0 spiro atoms. The van der Waals surface area contributed by atoms with Gasteiger partial charge in [0.1, 0.15) is 5.52 Å². The number of hydrogen-bond donors (Lipinski definition) is 0. The van der Waals surface area contributed by atoms with Crippen LogP contribution in [0, 0.1) is 0 Å². The van der Waals surface area contributed by atoms with Crippen molar-refractivity contribution in [3.8, 4) is 0 Å². The summed E-state index contributed by atoms with van der Waals surface area (Å²) in [4.78, 5) is 28.7. The van der Waals surface area contributed by atoms with Gasteiger partial charge in [0.2, 0.25) is 0 Å². The lowest BCUT2D eigenvalue weighted by atomic mass is 10.2. The van der Waals surface area contributed by atoms with Crippen molar-refractivity contribution >= 4 is 19.4 Å². The molecule has 0 radical (unpaired) electrons. The molecule has 2 rings (SSSR count). The van der Waals surface area contributed by atoms with Crippen LogP contribution in [-0.4, -0.2) is 26.6 Å². The summed E-state index contributed by atoms with van der Waals surface area (Å²) in [6, 6.07) is 0. The highest BCUT2D eigenvalue weighted by Crippen LogP contribution is 2.37. The third-order valence-corrected chi connectivity index (χ3v) is 9.80. The standard InChI is InChI=1S/C13H22N4O2Si/c1-13(2,3)20(6,7)17-8-14-10-9(17)11(18)16(5)12(19)15(10)4/h8H,1-7H3. The van der Waals surface area contributed by atoms with Crippen molar-refractivity contribution in [3.05, 3.63) is 27.2 Å². The number of fused-ring (bicyclic) bond motifs is 1. The van der Waals surface area contributed by atoms with Crippen molar-refractivity contribution in [3.63, 3.8) is 0 Å². The maximum Gasteiger partial charge on any atom is 0.332 e. The Labute approximate surface area is 118 Å². The van der Waals surface area contributed by atoms with Crippen molar-refractivity contribution in [1.29, 1.82) is 0 Å². The molecule has 0 aliphatic heterocycles. The van der Waals surface area contributed by atoms with E-state index in [0.717, 1.165) is 4.57 Å². The van der Waals surface area contributed by atoms with Crippen molar-refractivity contribution in [2.45, 2.75) is 38.9 Å². The van der Waals surface area contributed by atoms with E-state index in [4.69, 9.17) is 0 Å². The Morgan fingerprint density at radius 2 is 1.65 bits per heavy atom. The normalized spacial score (nSPS) is 13.2. The van der Waals surface area contributed by atoms with E-state index in [0.29, 0.717) is 11.2 Å². The number of aromatic nitrogens is 4. The fourth-order valence-electron chi connectivity index (χ4n) is 2.13. The van der Waals surface area contributed by atoms with E-state index < -0.39 is 8.24 Å². The Morgan fingerprint density at radius 1 is 1.10 bits per heavy atom. The maximum atomic E-state index is 12.5. The average molecular weight is 294 g/mol. The second-order valence-electron chi connectivity index (χ2n) is 6.80. The topological polar surface area (TPSA) is 61.8 Å². The molecule has 0 aliphatic rings. The van der Waals surface area contributed by atoms with Gasteiger partial charge in [-0.15, -0.1) is 0 Å². The van der Waals surface area contributed by atoms with Crippen LogP contribution in [0.4, 0.5) is 0 Å². The molecule has 0 aliphatic carbocycles. The van der Waals surface area contributed by atoms with Gasteiger partial charge in [-0.3, -0.25) is 13.9 Å². The molecule has 110 valence electrons. The highest BCUT2D eigenvalue weighted by Gasteiger charge is 2.39. The Bertz CT molecular complexity index is 790. The van der Waals surface area contributed by atoms with E-state index in [1.54, 1.807) is 13.4 Å². The maximum absolute atomic E-state index is 12.5. The summed E-state index contributed by atoms with van der Waals surface area (Å²) in [5.74, 6) is 0. The summed E-state index contributed by atoms with van der Waals surface area (Å²) in [6.07, 6.45) is 1.71. The minimum atomic E-state index is -1.96. The Morgan fingerprint density at radius 3 is 2.15 bits per heavy atom. The van der Waals surface area contributed by atoms with E-state index in [2.05, 4.69) is 38.8 Å². The van der Waals surface area contributed by atoms with Gasteiger partial charge in [-0.2, -0.15) is 0 Å². The molecular weight excluding hydrogens is 272 g/mol. The van der Waals surface area contributed by atoms with Crippen LogP contribution in [-0.2, 0) is 14.1 Å². The Kier molecular flexibility index (Phi) is 3.09. The van der Waals surface area contributed by atoms with Gasteiger partial charge in [0.15, 0.2) is 13.9 Å². The van der Waals surface area contributed by atoms with Gasteiger partial charge in [-0.1, -0.05) is 33.9 Å². The van der Waals surface area contributed by atoms with Gasteiger partial charge in [0.25, 0.3) is 5.56 Å². The number of imidazole rings is 1. The van der Waals surface area contributed by atoms with Crippen molar-refractivity contribution in [2.24, 2.45) is 14.1 Å². The molecule has 0 bridgehead atoms. The second-order valence-corrected chi connectivity index (χ2v) is 11.9. The predicted molar refractivity (Wildman–Crippen MR) is 82.8 cm³/mol. The highest BCUT2D eigenvalue weighted by molar-refractivity contribution is 6.79. The molecule has 20 heavy (non-hydrogen) atoms. The fraction of sp³-hybridized carbons (Fsp3) is 0.615. The summed E-state index contributed by atoms with van der Waals surface area (Å²) in [5.41, 5.74) is 0.373. The monoisotopic (exact) mass is 294 g/mol. The summed E-state index contributed by atoms with van der Waals surface area (Å²) in [7, 11) is 1.19. The summed E-state index contributed by atoms with van der Waals surface area (Å²) in [5, 5.41) is 0.0698. The molecule has 0 fully saturated rings. The zero-order chi connectivity index (χ0) is 15.5. The van der Waals surface area contributed by atoms with Crippen LogP contribution in [0.5, 0.6) is 0 Å². The molecule has 6 nitrogen and oxygen atoms in total. The van der Waals surface area contributed by atoms with E-state index in [9.17, 15) is 9.59 Å². The van der Waals surface area contributed by atoms with E-state index in [-0.39, 0.29) is 16.3 Å². The molecule has 0 amide bonds. The molecule has 2 aromatic rings. The molecule has 0 atom stereocenters. The van der Waals surface area contributed by atoms with Gasteiger partial charge < -0.3 is 4.23 Å². The van der Waals surface area contributed by atoms with Gasteiger partial charge in [0.05, 0.1) is 6.33 Å². The number of rotatable bonds is 1. The lowest BCUT2D eigenvalue weighted by Gasteiger charge is -2.37. The summed E-state index contributed by atoms with van der Waals surface area (Å²) >= 11 is 0. The summed E-state index contributed by atoms with van der Waals surface area (Å²) in [6.45, 7) is 10.9. The van der Waals surface area contributed by atoms with Gasteiger partial charge in [-0.05, 0) is 5.04 Å². The molecule has 2 aromatic heterocycles. The van der Waals surface area contributed by atoms with Crippen molar-refractivity contribution in [2.75, 3.05) is 0 Å².